The van der Waals surface area contributed by atoms with Gasteiger partial charge in [-0.05, 0) is 31.2 Å². The Morgan fingerprint density at radius 2 is 1.91 bits per heavy atom. The van der Waals surface area contributed by atoms with Gasteiger partial charge in [0.25, 0.3) is 0 Å². The van der Waals surface area contributed by atoms with Crippen LogP contribution in [-0.4, -0.2) is 48.9 Å². The lowest BCUT2D eigenvalue weighted by Gasteiger charge is -2.16. The van der Waals surface area contributed by atoms with Crippen molar-refractivity contribution >= 4 is 35.1 Å². The molecule has 0 aliphatic rings. The molecule has 0 saturated carbocycles. The molecule has 0 spiro atoms. The molecular weight excluding hydrogens is 329 g/mol. The minimum absolute atomic E-state index is 0.0410. The number of ether oxygens (including phenoxy) is 1. The Bertz CT molecular complexity index is 518. The van der Waals surface area contributed by atoms with Crippen LogP contribution in [0.15, 0.2) is 12.1 Å². The summed E-state index contributed by atoms with van der Waals surface area (Å²) in [6.45, 7) is 0.0423. The van der Waals surface area contributed by atoms with Crippen molar-refractivity contribution < 1.29 is 14.3 Å². The molecule has 122 valence electrons. The van der Waals surface area contributed by atoms with Crippen LogP contribution < -0.4 is 5.32 Å². The lowest BCUT2D eigenvalue weighted by Crippen LogP contribution is -2.36. The molecule has 22 heavy (non-hydrogen) atoms. The normalized spacial score (nSPS) is 11.9. The Morgan fingerprint density at radius 1 is 1.32 bits per heavy atom. The fraction of sp³-hybridized carbons (Fsp3) is 0.500. The van der Waals surface area contributed by atoms with Gasteiger partial charge >= 0.3 is 5.97 Å². The van der Waals surface area contributed by atoms with E-state index in [0.717, 1.165) is 0 Å². The van der Waals surface area contributed by atoms with E-state index in [1.54, 1.807) is 33.3 Å². The molecule has 1 heterocycles. The Hall–Kier alpha value is -1.37. The highest BCUT2D eigenvalue weighted by Gasteiger charge is 2.20. The van der Waals surface area contributed by atoms with E-state index in [1.165, 1.54) is 4.90 Å². The zero-order valence-corrected chi connectivity index (χ0v) is 14.2. The number of esters is 1. The number of carbonyl (C=O) groups is 2. The highest BCUT2D eigenvalue weighted by atomic mass is 35.5. The van der Waals surface area contributed by atoms with Crippen LogP contribution in [0.2, 0.25) is 10.3 Å². The van der Waals surface area contributed by atoms with Gasteiger partial charge in [-0.15, -0.1) is 0 Å². The molecule has 0 saturated heterocycles. The minimum atomic E-state index is -0.545. The summed E-state index contributed by atoms with van der Waals surface area (Å²) >= 11 is 11.6. The van der Waals surface area contributed by atoms with E-state index < -0.39 is 12.0 Å². The molecule has 1 N–H and O–H groups in total. The van der Waals surface area contributed by atoms with Gasteiger partial charge in [-0.25, -0.2) is 4.98 Å². The highest BCUT2D eigenvalue weighted by molar-refractivity contribution is 6.32. The highest BCUT2D eigenvalue weighted by Crippen LogP contribution is 2.15. The Kier molecular flexibility index (Phi) is 7.58. The fourth-order valence-corrected chi connectivity index (χ4v) is 2.23. The Morgan fingerprint density at radius 3 is 2.41 bits per heavy atom. The molecule has 0 aromatic carbocycles. The second-order valence-electron chi connectivity index (χ2n) is 4.90. The SMILES string of the molecule is CN[C@@H](CCC(=O)N(C)C)C(=O)OCc1cc(Cl)nc(Cl)c1. The first kappa shape index (κ1) is 18.7. The number of amides is 1. The minimum Gasteiger partial charge on any atom is -0.460 e. The second kappa shape index (κ2) is 8.92. The molecule has 0 fully saturated rings. The molecule has 1 atom stereocenters. The monoisotopic (exact) mass is 347 g/mol. The van der Waals surface area contributed by atoms with E-state index in [1.807, 2.05) is 0 Å². The molecule has 0 bridgehead atoms. The van der Waals surface area contributed by atoms with Crippen LogP contribution in [0, 0.1) is 0 Å². The summed E-state index contributed by atoms with van der Waals surface area (Å²) in [5.74, 6) is -0.473. The van der Waals surface area contributed by atoms with Gasteiger partial charge in [0.1, 0.15) is 23.0 Å². The molecule has 1 aromatic rings. The number of pyridine rings is 1. The molecule has 1 rings (SSSR count). The predicted molar refractivity (Wildman–Crippen MR) is 84.8 cm³/mol. The molecular formula is C14H19Cl2N3O3. The zero-order valence-electron chi connectivity index (χ0n) is 12.7. The Labute approximate surface area is 139 Å². The first-order chi connectivity index (χ1) is 10.3. The number of nitrogens with one attached hydrogen (secondary N) is 1. The number of aromatic nitrogens is 1. The predicted octanol–water partition coefficient (Wildman–Crippen LogP) is 1.89. The summed E-state index contributed by atoms with van der Waals surface area (Å²) in [7, 11) is 4.99. The summed E-state index contributed by atoms with van der Waals surface area (Å²) in [5.41, 5.74) is 0.651. The summed E-state index contributed by atoms with van der Waals surface area (Å²) in [6, 6.07) is 2.60. The lowest BCUT2D eigenvalue weighted by molar-refractivity contribution is -0.147. The molecule has 1 aromatic heterocycles. The number of hydrogen-bond acceptors (Lipinski definition) is 5. The Balaban J connectivity index is 2.52. The molecule has 6 nitrogen and oxygen atoms in total. The van der Waals surface area contributed by atoms with Crippen molar-refractivity contribution in [2.24, 2.45) is 0 Å². The third-order valence-electron chi connectivity index (χ3n) is 2.98. The van der Waals surface area contributed by atoms with Crippen LogP contribution in [0.5, 0.6) is 0 Å². The summed E-state index contributed by atoms with van der Waals surface area (Å²) in [6.07, 6.45) is 0.630. The largest absolute Gasteiger partial charge is 0.460 e. The van der Waals surface area contributed by atoms with Crippen molar-refractivity contribution in [2.75, 3.05) is 21.1 Å². The number of halogens is 2. The van der Waals surface area contributed by atoms with E-state index in [2.05, 4.69) is 10.3 Å². The maximum Gasteiger partial charge on any atom is 0.323 e. The second-order valence-corrected chi connectivity index (χ2v) is 5.67. The molecule has 1 amide bonds. The van der Waals surface area contributed by atoms with Crippen LogP contribution in [0.1, 0.15) is 18.4 Å². The third-order valence-corrected chi connectivity index (χ3v) is 3.37. The zero-order chi connectivity index (χ0) is 16.7. The maximum atomic E-state index is 12.0. The third kappa shape index (κ3) is 6.17. The molecule has 0 unspecified atom stereocenters. The van der Waals surface area contributed by atoms with E-state index in [0.29, 0.717) is 12.0 Å². The number of carbonyl (C=O) groups excluding carboxylic acids is 2. The lowest BCUT2D eigenvalue weighted by atomic mass is 10.1. The van der Waals surface area contributed by atoms with E-state index in [4.69, 9.17) is 27.9 Å². The summed E-state index contributed by atoms with van der Waals surface area (Å²) < 4.78 is 5.21. The fourth-order valence-electron chi connectivity index (χ4n) is 1.72. The van der Waals surface area contributed by atoms with Gasteiger partial charge < -0.3 is 15.0 Å². The smallest absolute Gasteiger partial charge is 0.323 e. The van der Waals surface area contributed by atoms with Crippen molar-refractivity contribution in [3.8, 4) is 0 Å². The number of nitrogens with zero attached hydrogens (tertiary/aromatic N) is 2. The summed E-state index contributed by atoms with van der Waals surface area (Å²) in [4.78, 5) is 28.9. The van der Waals surface area contributed by atoms with Crippen molar-refractivity contribution in [3.63, 3.8) is 0 Å². The van der Waals surface area contributed by atoms with Crippen LogP contribution >= 0.6 is 23.2 Å². The average molecular weight is 348 g/mol. The first-order valence-electron chi connectivity index (χ1n) is 6.69. The van der Waals surface area contributed by atoms with E-state index in [-0.39, 0.29) is 29.2 Å². The summed E-state index contributed by atoms with van der Waals surface area (Å²) in [5, 5.41) is 3.32. The van der Waals surface area contributed by atoms with Gasteiger partial charge in [-0.3, -0.25) is 9.59 Å². The van der Waals surface area contributed by atoms with E-state index in [9.17, 15) is 9.59 Å². The van der Waals surface area contributed by atoms with Crippen LogP contribution in [-0.2, 0) is 20.9 Å². The molecule has 0 radical (unpaired) electrons. The molecule has 0 aliphatic carbocycles. The van der Waals surface area contributed by atoms with Crippen molar-refractivity contribution in [1.82, 2.24) is 15.2 Å². The molecule has 0 aliphatic heterocycles. The number of hydrogen-bond donors (Lipinski definition) is 1. The van der Waals surface area contributed by atoms with Gasteiger partial charge in [0.05, 0.1) is 0 Å². The molecule has 8 heteroatoms. The van der Waals surface area contributed by atoms with E-state index >= 15 is 0 Å². The van der Waals surface area contributed by atoms with Crippen LogP contribution in [0.4, 0.5) is 0 Å². The van der Waals surface area contributed by atoms with Gasteiger partial charge in [0.15, 0.2) is 0 Å². The van der Waals surface area contributed by atoms with Gasteiger partial charge in [-0.2, -0.15) is 0 Å². The van der Waals surface area contributed by atoms with Gasteiger partial charge in [0, 0.05) is 20.5 Å². The number of rotatable bonds is 7. The van der Waals surface area contributed by atoms with Crippen molar-refractivity contribution in [3.05, 3.63) is 28.0 Å². The average Bonchev–Trinajstić information content (AvgIpc) is 2.44. The van der Waals surface area contributed by atoms with Crippen molar-refractivity contribution in [1.29, 1.82) is 0 Å². The van der Waals surface area contributed by atoms with Gasteiger partial charge in [0.2, 0.25) is 5.91 Å². The number of likely N-dealkylation sites (N-methyl/N-ethyl adjacent to an activating group) is 1. The van der Waals surface area contributed by atoms with Gasteiger partial charge in [-0.1, -0.05) is 23.2 Å². The quantitative estimate of drug-likeness (QED) is 0.602. The van der Waals surface area contributed by atoms with Crippen LogP contribution in [0.3, 0.4) is 0 Å². The standard InChI is InChI=1S/C14H19Cl2N3O3/c1-17-10(4-5-13(20)19(2)3)14(21)22-8-9-6-11(15)18-12(16)7-9/h6-7,10,17H,4-5,8H2,1-3H3/t10-/m0/s1. The van der Waals surface area contributed by atoms with Crippen molar-refractivity contribution in [2.45, 2.75) is 25.5 Å². The first-order valence-corrected chi connectivity index (χ1v) is 7.45. The van der Waals surface area contributed by atoms with Crippen LogP contribution in [0.25, 0.3) is 0 Å². The topological polar surface area (TPSA) is 71.5 Å². The maximum absolute atomic E-state index is 12.0.